The van der Waals surface area contributed by atoms with Crippen molar-refractivity contribution in [2.24, 2.45) is 0 Å². The predicted molar refractivity (Wildman–Crippen MR) is 205 cm³/mol. The summed E-state index contributed by atoms with van der Waals surface area (Å²) in [6.07, 6.45) is 3.33. The topological polar surface area (TPSA) is 109 Å². The second kappa shape index (κ2) is 19.3. The molecule has 2 heterocycles. The summed E-state index contributed by atoms with van der Waals surface area (Å²) in [7, 11) is 0. The van der Waals surface area contributed by atoms with Gasteiger partial charge in [-0.05, 0) is 97.9 Å². The highest BCUT2D eigenvalue weighted by molar-refractivity contribution is 9.10. The Kier molecular flexibility index (Phi) is 14.9. The molecule has 0 aliphatic rings. The molecule has 256 valence electrons. The zero-order chi connectivity index (χ0) is 35.2. The maximum absolute atomic E-state index is 5.82. The Hall–Kier alpha value is -3.93. The fraction of sp³-hybridized carbons (Fsp3) is 0.211. The molecule has 49 heavy (non-hydrogen) atoms. The number of aromatic nitrogens is 2. The smallest absolute Gasteiger partial charge is 0.299 e. The molecular weight excluding hydrogens is 772 g/mol. The molecule has 0 radical (unpaired) electrons. The van der Waals surface area contributed by atoms with E-state index in [1.165, 1.54) is 0 Å². The maximum atomic E-state index is 5.82. The number of oxazole rings is 2. The number of nitrogens with two attached hydrogens (primary N) is 1. The van der Waals surface area contributed by atoms with E-state index >= 15 is 0 Å². The number of halogens is 3. The van der Waals surface area contributed by atoms with E-state index in [0.717, 1.165) is 66.1 Å². The van der Waals surface area contributed by atoms with Crippen molar-refractivity contribution in [2.45, 2.75) is 40.9 Å². The van der Waals surface area contributed by atoms with Gasteiger partial charge in [0, 0.05) is 44.7 Å². The fourth-order valence-corrected chi connectivity index (χ4v) is 4.97. The molecule has 2 aromatic heterocycles. The summed E-state index contributed by atoms with van der Waals surface area (Å²) in [5.41, 5.74) is 14.0. The van der Waals surface area contributed by atoms with Crippen LogP contribution >= 0.6 is 43.5 Å². The number of hydrogen-bond acceptors (Lipinski definition) is 8. The molecule has 6 rings (SSSR count). The Labute approximate surface area is 309 Å². The van der Waals surface area contributed by atoms with Crippen molar-refractivity contribution < 1.29 is 18.3 Å². The van der Waals surface area contributed by atoms with Gasteiger partial charge in [0.25, 0.3) is 11.4 Å². The third-order valence-corrected chi connectivity index (χ3v) is 8.31. The fourth-order valence-electron chi connectivity index (χ4n) is 4.31. The second-order valence-corrected chi connectivity index (χ2v) is 12.9. The quantitative estimate of drug-likeness (QED) is 0.132. The number of hydrogen-bond donors (Lipinski definition) is 2. The van der Waals surface area contributed by atoms with Gasteiger partial charge in [0.05, 0.1) is 25.6 Å². The van der Waals surface area contributed by atoms with Crippen LogP contribution in [-0.4, -0.2) is 23.2 Å². The van der Waals surface area contributed by atoms with Gasteiger partial charge in [-0.2, -0.15) is 0 Å². The standard InChI is InChI=1S/C19H19BrN2O2.C10H15NO.C9H5BrClNO/c1-3-23-12-14-5-4-13(2)17(10-14)22-19-21-11-18(24-19)15-6-8-16(20)9-7-15;1-3-12-7-9-5-4-8(2)10(11)6-9;10-7-3-1-6(2-4-7)8-5-12-9(11)13-8/h4-11H,3,12H2,1-2H3,(H,21,22);4-6H,3,7,11H2,1-2H3;1-5H. The first-order chi connectivity index (χ1) is 23.6. The van der Waals surface area contributed by atoms with Crippen LogP contribution in [0.1, 0.15) is 36.1 Å². The van der Waals surface area contributed by atoms with Crippen LogP contribution in [0, 0.1) is 13.8 Å². The highest BCUT2D eigenvalue weighted by Gasteiger charge is 2.09. The van der Waals surface area contributed by atoms with E-state index in [1.807, 2.05) is 94.4 Å². The summed E-state index contributed by atoms with van der Waals surface area (Å²) in [6, 6.07) is 28.4. The third kappa shape index (κ3) is 12.2. The van der Waals surface area contributed by atoms with Crippen molar-refractivity contribution in [1.29, 1.82) is 0 Å². The molecule has 8 nitrogen and oxygen atoms in total. The molecule has 0 aliphatic heterocycles. The lowest BCUT2D eigenvalue weighted by molar-refractivity contribution is 0.134. The molecule has 0 bridgehead atoms. The summed E-state index contributed by atoms with van der Waals surface area (Å²) in [5.74, 6) is 1.41. The Morgan fingerprint density at radius 1 is 0.694 bits per heavy atom. The second-order valence-electron chi connectivity index (χ2n) is 10.8. The Morgan fingerprint density at radius 2 is 1.20 bits per heavy atom. The van der Waals surface area contributed by atoms with E-state index in [9.17, 15) is 0 Å². The number of benzene rings is 4. The highest BCUT2D eigenvalue weighted by atomic mass is 79.9. The molecule has 6 aromatic rings. The van der Waals surface area contributed by atoms with Crippen LogP contribution in [0.4, 0.5) is 17.4 Å². The zero-order valence-electron chi connectivity index (χ0n) is 27.8. The van der Waals surface area contributed by atoms with Crippen LogP contribution in [-0.2, 0) is 22.7 Å². The lowest BCUT2D eigenvalue weighted by atomic mass is 10.1. The van der Waals surface area contributed by atoms with E-state index in [-0.39, 0.29) is 5.35 Å². The van der Waals surface area contributed by atoms with E-state index in [2.05, 4.69) is 65.3 Å². The summed E-state index contributed by atoms with van der Waals surface area (Å²) in [4.78, 5) is 8.12. The summed E-state index contributed by atoms with van der Waals surface area (Å²) >= 11 is 12.3. The molecule has 0 spiro atoms. The van der Waals surface area contributed by atoms with Crippen LogP contribution < -0.4 is 11.1 Å². The van der Waals surface area contributed by atoms with Crippen LogP contribution in [0.2, 0.25) is 5.35 Å². The number of ether oxygens (including phenoxy) is 2. The van der Waals surface area contributed by atoms with E-state index in [4.69, 9.17) is 35.6 Å². The van der Waals surface area contributed by atoms with Crippen LogP contribution in [0.15, 0.2) is 115 Å². The van der Waals surface area contributed by atoms with Crippen molar-refractivity contribution in [1.82, 2.24) is 9.97 Å². The minimum absolute atomic E-state index is 0.165. The van der Waals surface area contributed by atoms with Gasteiger partial charge >= 0.3 is 0 Å². The normalized spacial score (nSPS) is 10.5. The van der Waals surface area contributed by atoms with Crippen molar-refractivity contribution in [2.75, 3.05) is 24.3 Å². The van der Waals surface area contributed by atoms with Gasteiger partial charge in [0.1, 0.15) is 0 Å². The Balaban J connectivity index is 0.000000182. The molecule has 0 saturated heterocycles. The van der Waals surface area contributed by atoms with Gasteiger partial charge in [0.15, 0.2) is 11.5 Å². The molecule has 0 fully saturated rings. The average Bonchev–Trinajstić information content (AvgIpc) is 3.76. The number of rotatable bonds is 10. The van der Waals surface area contributed by atoms with E-state index in [0.29, 0.717) is 31.6 Å². The maximum Gasteiger partial charge on any atom is 0.299 e. The number of aryl methyl sites for hydroxylation is 2. The largest absolute Gasteiger partial charge is 0.428 e. The molecule has 0 amide bonds. The van der Waals surface area contributed by atoms with Gasteiger partial charge in [-0.3, -0.25) is 0 Å². The first-order valence-corrected chi connectivity index (χ1v) is 17.6. The van der Waals surface area contributed by atoms with Crippen molar-refractivity contribution in [3.63, 3.8) is 0 Å². The van der Waals surface area contributed by atoms with E-state index in [1.54, 1.807) is 12.4 Å². The monoisotopic (exact) mass is 808 g/mol. The summed E-state index contributed by atoms with van der Waals surface area (Å²) in [5, 5.41) is 3.41. The lowest BCUT2D eigenvalue weighted by Crippen LogP contribution is -1.97. The summed E-state index contributed by atoms with van der Waals surface area (Å²) < 4.78 is 23.8. The number of nitrogens with zero attached hydrogens (tertiary/aromatic N) is 2. The van der Waals surface area contributed by atoms with Crippen molar-refractivity contribution in [3.05, 3.63) is 134 Å². The van der Waals surface area contributed by atoms with Gasteiger partial charge < -0.3 is 29.4 Å². The number of nitrogens with one attached hydrogen (secondary N) is 1. The molecule has 0 aliphatic carbocycles. The van der Waals surface area contributed by atoms with Crippen molar-refractivity contribution in [3.8, 4) is 22.6 Å². The van der Waals surface area contributed by atoms with Crippen LogP contribution in [0.3, 0.4) is 0 Å². The average molecular weight is 811 g/mol. The van der Waals surface area contributed by atoms with E-state index < -0.39 is 0 Å². The zero-order valence-corrected chi connectivity index (χ0v) is 31.7. The molecule has 0 atom stereocenters. The molecule has 11 heteroatoms. The Bertz CT molecular complexity index is 1890. The molecule has 0 saturated carbocycles. The van der Waals surface area contributed by atoms with Gasteiger partial charge in [-0.25, -0.2) is 9.97 Å². The minimum atomic E-state index is 0.165. The highest BCUT2D eigenvalue weighted by Crippen LogP contribution is 2.28. The molecule has 3 N–H and O–H groups in total. The first kappa shape index (κ1) is 37.9. The molecule has 4 aromatic carbocycles. The first-order valence-electron chi connectivity index (χ1n) is 15.6. The number of nitrogen functional groups attached to an aromatic ring is 1. The minimum Gasteiger partial charge on any atom is -0.428 e. The lowest BCUT2D eigenvalue weighted by Gasteiger charge is -2.09. The van der Waals surface area contributed by atoms with Crippen LogP contribution in [0.25, 0.3) is 22.6 Å². The van der Waals surface area contributed by atoms with Crippen LogP contribution in [0.5, 0.6) is 0 Å². The summed E-state index contributed by atoms with van der Waals surface area (Å²) in [6.45, 7) is 10.7. The Morgan fingerprint density at radius 3 is 1.71 bits per heavy atom. The van der Waals surface area contributed by atoms with Gasteiger partial charge in [-0.1, -0.05) is 80.4 Å². The predicted octanol–water partition coefficient (Wildman–Crippen LogP) is 11.6. The third-order valence-electron chi connectivity index (χ3n) is 7.07. The van der Waals surface area contributed by atoms with Gasteiger partial charge in [-0.15, -0.1) is 0 Å². The van der Waals surface area contributed by atoms with Gasteiger partial charge in [0.2, 0.25) is 0 Å². The molecule has 0 unspecified atom stereocenters. The SMILES string of the molecule is CCOCc1ccc(C)c(N)c1.CCOCc1ccc(C)c(Nc2ncc(-c3ccc(Br)cc3)o2)c1.Clc1ncc(-c2ccc(Br)cc2)o1. The number of anilines is 3. The molecular formula is C38H39Br2ClN4O4. The van der Waals surface area contributed by atoms with Crippen molar-refractivity contribution >= 4 is 60.9 Å².